The molecule has 0 unspecified atom stereocenters. The van der Waals surface area contributed by atoms with Crippen LogP contribution in [0.3, 0.4) is 0 Å². The first-order chi connectivity index (χ1) is 8.43. The van der Waals surface area contributed by atoms with E-state index in [0.29, 0.717) is 6.20 Å². The van der Waals surface area contributed by atoms with Gasteiger partial charge in [0.05, 0.1) is 5.56 Å². The van der Waals surface area contributed by atoms with E-state index in [9.17, 15) is 35.1 Å². The van der Waals surface area contributed by atoms with Crippen LogP contribution >= 0.6 is 0 Å². The van der Waals surface area contributed by atoms with Crippen molar-refractivity contribution >= 4 is 0 Å². The monoisotopic (exact) mass is 295 g/mol. The Morgan fingerprint density at radius 3 is 2.00 bits per heavy atom. The lowest BCUT2D eigenvalue weighted by Gasteiger charge is -2.18. The van der Waals surface area contributed by atoms with Gasteiger partial charge in [0.1, 0.15) is 0 Å². The van der Waals surface area contributed by atoms with Crippen molar-refractivity contribution in [1.82, 2.24) is 4.98 Å². The van der Waals surface area contributed by atoms with Crippen LogP contribution in [0, 0.1) is 6.92 Å². The molecule has 108 valence electrons. The van der Waals surface area contributed by atoms with Gasteiger partial charge < -0.3 is 4.74 Å². The van der Waals surface area contributed by atoms with Crippen LogP contribution in [0.4, 0.5) is 35.1 Å². The summed E-state index contributed by atoms with van der Waals surface area (Å²) < 4.78 is 102. The molecule has 1 aromatic rings. The van der Waals surface area contributed by atoms with Crippen molar-refractivity contribution in [3.63, 3.8) is 0 Å². The van der Waals surface area contributed by atoms with E-state index >= 15 is 0 Å². The number of nitrogens with zero attached hydrogens (tertiary/aromatic N) is 1. The Morgan fingerprint density at radius 2 is 1.63 bits per heavy atom. The van der Waals surface area contributed by atoms with Crippen molar-refractivity contribution in [3.05, 3.63) is 23.0 Å². The van der Waals surface area contributed by atoms with Gasteiger partial charge in [-0.05, 0) is 12.5 Å². The van der Waals surface area contributed by atoms with Crippen LogP contribution in [0.15, 0.2) is 6.20 Å². The third kappa shape index (κ3) is 3.67. The van der Waals surface area contributed by atoms with Crippen molar-refractivity contribution in [2.75, 3.05) is 0 Å². The number of aryl methyl sites for hydroxylation is 1. The Morgan fingerprint density at radius 1 is 1.11 bits per heavy atom. The molecule has 0 aromatic carbocycles. The van der Waals surface area contributed by atoms with Gasteiger partial charge in [0.15, 0.2) is 11.4 Å². The SMILES string of the molecule is Cc1cnc(C(F)(F)F)c(OC(F)(F)F)c1C(F)F. The van der Waals surface area contributed by atoms with Gasteiger partial charge >= 0.3 is 12.5 Å². The van der Waals surface area contributed by atoms with E-state index in [4.69, 9.17) is 0 Å². The van der Waals surface area contributed by atoms with Crippen molar-refractivity contribution in [3.8, 4) is 5.75 Å². The molecule has 0 spiro atoms. The molecule has 0 fully saturated rings. The van der Waals surface area contributed by atoms with E-state index in [1.807, 2.05) is 0 Å². The Bertz CT molecular complexity index is 465. The fourth-order valence-corrected chi connectivity index (χ4v) is 1.29. The van der Waals surface area contributed by atoms with E-state index in [1.54, 1.807) is 0 Å². The predicted octanol–water partition coefficient (Wildman–Crippen LogP) is 4.25. The average Bonchev–Trinajstić information content (AvgIpc) is 2.11. The van der Waals surface area contributed by atoms with Crippen LogP contribution < -0.4 is 4.74 Å². The van der Waals surface area contributed by atoms with Crippen LogP contribution in [0.25, 0.3) is 0 Å². The highest BCUT2D eigenvalue weighted by Gasteiger charge is 2.43. The molecule has 2 nitrogen and oxygen atoms in total. The molecule has 1 aromatic heterocycles. The second-order valence-corrected chi connectivity index (χ2v) is 3.38. The molecule has 0 N–H and O–H groups in total. The van der Waals surface area contributed by atoms with Crippen LogP contribution in [0.1, 0.15) is 23.2 Å². The van der Waals surface area contributed by atoms with E-state index in [1.165, 1.54) is 0 Å². The smallest absolute Gasteiger partial charge is 0.403 e. The summed E-state index contributed by atoms with van der Waals surface area (Å²) >= 11 is 0. The van der Waals surface area contributed by atoms with Crippen LogP contribution in [0.2, 0.25) is 0 Å². The lowest BCUT2D eigenvalue weighted by atomic mass is 10.1. The molecule has 0 aliphatic heterocycles. The lowest BCUT2D eigenvalue weighted by Crippen LogP contribution is -2.22. The molecule has 10 heteroatoms. The van der Waals surface area contributed by atoms with Gasteiger partial charge in [-0.2, -0.15) is 13.2 Å². The summed E-state index contributed by atoms with van der Waals surface area (Å²) in [6, 6.07) is 0. The minimum atomic E-state index is -5.54. The van der Waals surface area contributed by atoms with Gasteiger partial charge in [-0.3, -0.25) is 0 Å². The zero-order valence-electron chi connectivity index (χ0n) is 9.03. The second-order valence-electron chi connectivity index (χ2n) is 3.38. The summed E-state index contributed by atoms with van der Waals surface area (Å²) in [5.41, 5.74) is -4.17. The summed E-state index contributed by atoms with van der Waals surface area (Å²) in [6.45, 7) is 0.901. The standard InChI is InChI=1S/C9H5F8NO/c1-3-2-18-6(8(12,13)14)5(4(3)7(10)11)19-9(15,16)17/h2,7H,1H3. The lowest BCUT2D eigenvalue weighted by molar-refractivity contribution is -0.277. The molecule has 1 heterocycles. The van der Waals surface area contributed by atoms with Gasteiger partial charge in [-0.15, -0.1) is 13.2 Å². The average molecular weight is 295 g/mol. The number of ether oxygens (including phenoxy) is 1. The summed E-state index contributed by atoms with van der Waals surface area (Å²) in [5, 5.41) is 0. The highest BCUT2D eigenvalue weighted by atomic mass is 19.4. The first-order valence-corrected chi connectivity index (χ1v) is 4.54. The molecule has 19 heavy (non-hydrogen) atoms. The zero-order valence-corrected chi connectivity index (χ0v) is 9.03. The first-order valence-electron chi connectivity index (χ1n) is 4.54. The van der Waals surface area contributed by atoms with Crippen LogP contribution in [0.5, 0.6) is 5.75 Å². The topological polar surface area (TPSA) is 22.1 Å². The maximum atomic E-state index is 12.6. The molecular formula is C9H5F8NO. The van der Waals surface area contributed by atoms with E-state index in [2.05, 4.69) is 9.72 Å². The van der Waals surface area contributed by atoms with E-state index < -0.39 is 41.5 Å². The normalized spacial score (nSPS) is 12.9. The second kappa shape index (κ2) is 4.82. The number of hydrogen-bond donors (Lipinski definition) is 0. The summed E-state index contributed by atoms with van der Waals surface area (Å²) in [5.74, 6) is -2.02. The fourth-order valence-electron chi connectivity index (χ4n) is 1.29. The maximum absolute atomic E-state index is 12.6. The molecule has 0 aliphatic rings. The van der Waals surface area contributed by atoms with Crippen molar-refractivity contribution in [2.24, 2.45) is 0 Å². The first kappa shape index (κ1) is 15.4. The Labute approximate surface area is 101 Å². The van der Waals surface area contributed by atoms with Gasteiger partial charge in [0, 0.05) is 6.20 Å². The molecule has 0 atom stereocenters. The fraction of sp³-hybridized carbons (Fsp3) is 0.444. The number of aromatic nitrogens is 1. The van der Waals surface area contributed by atoms with Gasteiger partial charge in [-0.1, -0.05) is 0 Å². The number of rotatable bonds is 2. The number of pyridine rings is 1. The quantitative estimate of drug-likeness (QED) is 0.761. The Kier molecular flexibility index (Phi) is 3.92. The predicted molar refractivity (Wildman–Crippen MR) is 45.6 cm³/mol. The molecule has 0 saturated heterocycles. The summed E-state index contributed by atoms with van der Waals surface area (Å²) in [7, 11) is 0. The minimum Gasteiger partial charge on any atom is -0.403 e. The molecule has 0 bridgehead atoms. The largest absolute Gasteiger partial charge is 0.573 e. The third-order valence-corrected chi connectivity index (χ3v) is 1.98. The highest BCUT2D eigenvalue weighted by molar-refractivity contribution is 5.44. The number of alkyl halides is 8. The number of halogens is 8. The Balaban J connectivity index is 3.54. The zero-order chi connectivity index (χ0) is 15.0. The minimum absolute atomic E-state index is 0.410. The molecule has 0 saturated carbocycles. The Hall–Kier alpha value is -1.61. The van der Waals surface area contributed by atoms with Gasteiger partial charge in [-0.25, -0.2) is 13.8 Å². The van der Waals surface area contributed by atoms with E-state index in [0.717, 1.165) is 6.92 Å². The van der Waals surface area contributed by atoms with Crippen LogP contribution in [-0.4, -0.2) is 11.3 Å². The summed E-state index contributed by atoms with van der Waals surface area (Å²) in [6.07, 6.45) is -14.0. The van der Waals surface area contributed by atoms with Crippen LogP contribution in [-0.2, 0) is 6.18 Å². The van der Waals surface area contributed by atoms with Gasteiger partial charge in [0.25, 0.3) is 6.43 Å². The third-order valence-electron chi connectivity index (χ3n) is 1.98. The van der Waals surface area contributed by atoms with Crippen molar-refractivity contribution in [1.29, 1.82) is 0 Å². The van der Waals surface area contributed by atoms with Crippen molar-refractivity contribution in [2.45, 2.75) is 25.9 Å². The summed E-state index contributed by atoms with van der Waals surface area (Å²) in [4.78, 5) is 2.69. The molecule has 1 rings (SSSR count). The molecule has 0 radical (unpaired) electrons. The maximum Gasteiger partial charge on any atom is 0.573 e. The number of hydrogen-bond acceptors (Lipinski definition) is 2. The van der Waals surface area contributed by atoms with E-state index in [-0.39, 0.29) is 0 Å². The molecule has 0 amide bonds. The van der Waals surface area contributed by atoms with Gasteiger partial charge in [0.2, 0.25) is 0 Å². The molecule has 0 aliphatic carbocycles. The highest BCUT2D eigenvalue weighted by Crippen LogP contribution is 2.43. The molecular weight excluding hydrogens is 290 g/mol. The van der Waals surface area contributed by atoms with Crippen molar-refractivity contribution < 1.29 is 39.9 Å².